The average Bonchev–Trinajstić information content (AvgIpc) is 2.18. The Balaban J connectivity index is 0.000000304. The van der Waals surface area contributed by atoms with Gasteiger partial charge in [0.1, 0.15) is 34.5 Å². The van der Waals surface area contributed by atoms with Crippen molar-refractivity contribution in [2.75, 3.05) is 93.1 Å². The molecule has 0 aliphatic carbocycles. The maximum Gasteiger partial charge on any atom is 0.323 e. The number of hydrogen-bond acceptors (Lipinski definition) is 15. The van der Waals surface area contributed by atoms with Crippen molar-refractivity contribution in [3.63, 3.8) is 0 Å². The summed E-state index contributed by atoms with van der Waals surface area (Å²) in [5.41, 5.74) is 3.94. The number of carbonyl (C=O) groups excluding carboxylic acids is 2. The lowest BCUT2D eigenvalue weighted by molar-refractivity contribution is -0.173. The molecule has 5 aromatic rings. The monoisotopic (exact) mass is 1250 g/mol. The van der Waals surface area contributed by atoms with Crippen molar-refractivity contribution < 1.29 is 71.2 Å². The minimum absolute atomic E-state index is 0.0693. The second-order valence-electron chi connectivity index (χ2n) is 21.1. The Kier molecular flexibility index (Phi) is 27.3. The molecule has 0 N–H and O–H groups in total. The molecule has 0 bridgehead atoms. The lowest BCUT2D eigenvalue weighted by Gasteiger charge is -2.43. The third-order valence-corrected chi connectivity index (χ3v) is 16.3. The number of alkyl halides is 1. The number of fused-ring (bicyclic) bond motifs is 2. The van der Waals surface area contributed by atoms with E-state index in [9.17, 15) is 9.59 Å². The minimum Gasteiger partial charge on any atom is -0.492 e. The molecule has 0 radical (unpaired) electrons. The van der Waals surface area contributed by atoms with Crippen LogP contribution in [-0.2, 0) is 60.2 Å². The van der Waals surface area contributed by atoms with E-state index in [1.54, 1.807) is 42.3 Å². The van der Waals surface area contributed by atoms with Gasteiger partial charge in [0.2, 0.25) is 0 Å². The Labute approximate surface area is 500 Å². The SMILES string of the molecule is CCOC(=O)C(CCCCOCc1ccccc1)(CCCC[C@@H]1c2ccc(OCOC)cc2OC[C@]1(C)c1ccc(OCOC)cc1)C(=O)OCC.COCOc1ccc([C@@]2(C)COc3cc(OCOC)ccc3[C@H]2CCCCI)cc1. The second-order valence-corrected chi connectivity index (χ2v) is 22.2. The molecular formula is C66H87IO15. The van der Waals surface area contributed by atoms with Crippen molar-refractivity contribution in [3.05, 3.63) is 143 Å². The van der Waals surface area contributed by atoms with Crippen molar-refractivity contribution in [2.45, 2.75) is 121 Å². The maximum atomic E-state index is 13.6. The van der Waals surface area contributed by atoms with E-state index in [-0.39, 0.29) is 57.1 Å². The molecule has 0 unspecified atom stereocenters. The molecular weight excluding hydrogens is 1160 g/mol. The zero-order valence-corrected chi connectivity index (χ0v) is 51.6. The van der Waals surface area contributed by atoms with Gasteiger partial charge < -0.3 is 61.6 Å². The summed E-state index contributed by atoms with van der Waals surface area (Å²) in [6, 6.07) is 38.5. The first kappa shape index (κ1) is 65.5. The van der Waals surface area contributed by atoms with E-state index < -0.39 is 17.4 Å². The number of methoxy groups -OCH3 is 4. The van der Waals surface area contributed by atoms with E-state index in [0.29, 0.717) is 70.2 Å². The molecule has 4 atom stereocenters. The standard InChI is InChI=1S/C42H56O10.C24H31IO5/c1-6-48-39(43)42(40(44)49-7-2,25-13-14-26-47-28-32-15-9-8-10-16-32)24-12-11-17-37-36-23-22-35(52-31-46-5)27-38(36)50-29-41(37,3)33-18-20-34(21-19-33)51-30-45-4;1-24(18-7-9-19(10-8-18)29-16-26-2)15-28-23-14-20(30-17-27-3)11-12-21(23)22(24)6-4-5-13-25/h8-10,15-16,18-23,27,37H,6-7,11-14,17,24-26,28-31H2,1-5H3;7-12,14,22H,4-6,13,15-17H2,1-3H3/t37-,41-;22-,24-/m11/s1. The van der Waals surface area contributed by atoms with Crippen LogP contribution in [0, 0.1) is 5.41 Å². The Morgan fingerprint density at radius 3 is 1.38 bits per heavy atom. The topological polar surface area (TPSA) is 154 Å². The number of hydrogen-bond donors (Lipinski definition) is 0. The van der Waals surface area contributed by atoms with Crippen LogP contribution in [0.2, 0.25) is 0 Å². The van der Waals surface area contributed by atoms with Crippen LogP contribution in [0.5, 0.6) is 34.5 Å². The van der Waals surface area contributed by atoms with Gasteiger partial charge in [-0.15, -0.1) is 0 Å². The minimum atomic E-state index is -1.38. The summed E-state index contributed by atoms with van der Waals surface area (Å²) in [6.07, 6.45) is 7.71. The molecule has 2 heterocycles. The Morgan fingerprint density at radius 2 is 0.951 bits per heavy atom. The largest absolute Gasteiger partial charge is 0.492 e. The summed E-state index contributed by atoms with van der Waals surface area (Å²) in [4.78, 5) is 27.2. The first-order chi connectivity index (χ1) is 39.9. The zero-order valence-electron chi connectivity index (χ0n) is 49.5. The number of rotatable bonds is 34. The summed E-state index contributed by atoms with van der Waals surface area (Å²) in [6.45, 7) is 11.3. The van der Waals surface area contributed by atoms with Crippen LogP contribution in [0.1, 0.15) is 132 Å². The van der Waals surface area contributed by atoms with Crippen molar-refractivity contribution in [2.24, 2.45) is 5.41 Å². The van der Waals surface area contributed by atoms with Gasteiger partial charge in [-0.25, -0.2) is 0 Å². The van der Waals surface area contributed by atoms with Gasteiger partial charge in [0.15, 0.2) is 32.6 Å². The van der Waals surface area contributed by atoms with Crippen molar-refractivity contribution in [1.29, 1.82) is 0 Å². The molecule has 0 saturated carbocycles. The smallest absolute Gasteiger partial charge is 0.323 e. The summed E-state index contributed by atoms with van der Waals surface area (Å²) in [7, 11) is 6.42. The summed E-state index contributed by atoms with van der Waals surface area (Å²) < 4.78 is 73.5. The average molecular weight is 1250 g/mol. The van der Waals surface area contributed by atoms with E-state index in [2.05, 4.69) is 72.8 Å². The fraction of sp³-hybridized carbons (Fsp3) is 0.515. The molecule has 2 aliphatic heterocycles. The van der Waals surface area contributed by atoms with Gasteiger partial charge in [-0.2, -0.15) is 0 Å². The van der Waals surface area contributed by atoms with Crippen LogP contribution in [-0.4, -0.2) is 105 Å². The van der Waals surface area contributed by atoms with Gasteiger partial charge in [0.05, 0.1) is 33.0 Å². The third-order valence-electron chi connectivity index (χ3n) is 15.5. The Bertz CT molecular complexity index is 2630. The van der Waals surface area contributed by atoms with Crippen LogP contribution in [0.25, 0.3) is 0 Å². The number of carbonyl (C=O) groups is 2. The van der Waals surface area contributed by atoms with Gasteiger partial charge in [0, 0.05) is 69.8 Å². The molecule has 0 amide bonds. The van der Waals surface area contributed by atoms with Gasteiger partial charge in [0.25, 0.3) is 0 Å². The van der Waals surface area contributed by atoms with E-state index in [4.69, 9.17) is 61.6 Å². The number of ether oxygens (including phenoxy) is 13. The highest BCUT2D eigenvalue weighted by atomic mass is 127. The lowest BCUT2D eigenvalue weighted by Crippen LogP contribution is -2.42. The molecule has 0 aromatic heterocycles. The maximum absolute atomic E-state index is 13.6. The van der Waals surface area contributed by atoms with E-state index in [0.717, 1.165) is 64.7 Å². The van der Waals surface area contributed by atoms with E-state index in [1.165, 1.54) is 28.4 Å². The molecule has 0 saturated heterocycles. The Morgan fingerprint density at radius 1 is 0.537 bits per heavy atom. The predicted molar refractivity (Wildman–Crippen MR) is 324 cm³/mol. The van der Waals surface area contributed by atoms with Gasteiger partial charge in [-0.3, -0.25) is 9.59 Å². The molecule has 0 spiro atoms. The van der Waals surface area contributed by atoms with Gasteiger partial charge in [-0.1, -0.05) is 122 Å². The van der Waals surface area contributed by atoms with Crippen LogP contribution >= 0.6 is 22.6 Å². The van der Waals surface area contributed by atoms with Crippen LogP contribution in [0.3, 0.4) is 0 Å². The van der Waals surface area contributed by atoms with Crippen molar-refractivity contribution in [3.8, 4) is 34.5 Å². The molecule has 2 aliphatic rings. The zero-order chi connectivity index (χ0) is 58.6. The summed E-state index contributed by atoms with van der Waals surface area (Å²) >= 11 is 2.46. The highest BCUT2D eigenvalue weighted by Gasteiger charge is 2.49. The summed E-state index contributed by atoms with van der Waals surface area (Å²) in [5.74, 6) is 4.07. The molecule has 5 aromatic carbocycles. The quantitative estimate of drug-likeness (QED) is 0.00957. The molecule has 7 rings (SSSR count). The first-order valence-corrected chi connectivity index (χ1v) is 30.2. The number of benzene rings is 5. The molecule has 15 nitrogen and oxygen atoms in total. The molecule has 0 fully saturated rings. The molecule has 16 heteroatoms. The Hall–Kier alpha value is -5.63. The van der Waals surface area contributed by atoms with Gasteiger partial charge >= 0.3 is 11.9 Å². The van der Waals surface area contributed by atoms with E-state index >= 15 is 0 Å². The highest BCUT2D eigenvalue weighted by molar-refractivity contribution is 14.1. The van der Waals surface area contributed by atoms with E-state index in [1.807, 2.05) is 78.9 Å². The fourth-order valence-electron chi connectivity index (χ4n) is 11.0. The second kappa shape index (κ2) is 34.2. The highest BCUT2D eigenvalue weighted by Crippen LogP contribution is 2.52. The van der Waals surface area contributed by atoms with Gasteiger partial charge in [-0.05, 0) is 127 Å². The number of unbranched alkanes of at least 4 members (excludes halogenated alkanes) is 3. The van der Waals surface area contributed by atoms with Crippen molar-refractivity contribution >= 4 is 34.5 Å². The first-order valence-electron chi connectivity index (χ1n) is 28.7. The summed E-state index contributed by atoms with van der Waals surface area (Å²) in [5, 5.41) is 0. The number of halogens is 1. The molecule has 448 valence electrons. The number of esters is 2. The van der Waals surface area contributed by atoms with Crippen molar-refractivity contribution in [1.82, 2.24) is 0 Å². The van der Waals surface area contributed by atoms with Crippen LogP contribution < -0.4 is 28.4 Å². The third kappa shape index (κ3) is 17.9. The van der Waals surface area contributed by atoms with Crippen LogP contribution in [0.4, 0.5) is 0 Å². The predicted octanol–water partition coefficient (Wildman–Crippen LogP) is 13.8. The molecule has 82 heavy (non-hydrogen) atoms. The fourth-order valence-corrected chi connectivity index (χ4v) is 11.6. The normalized spacial score (nSPS) is 18.1. The lowest BCUT2D eigenvalue weighted by atomic mass is 9.66. The van der Waals surface area contributed by atoms with Crippen LogP contribution in [0.15, 0.2) is 115 Å².